The topological polar surface area (TPSA) is 106 Å². The van der Waals surface area contributed by atoms with E-state index in [0.717, 1.165) is 0 Å². The predicted octanol–water partition coefficient (Wildman–Crippen LogP) is 0.957. The van der Waals surface area contributed by atoms with E-state index in [1.807, 2.05) is 0 Å². The van der Waals surface area contributed by atoms with Crippen molar-refractivity contribution >= 4 is 11.7 Å². The molecular weight excluding hydrogens is 226 g/mol. The van der Waals surface area contributed by atoms with Crippen LogP contribution in [0.4, 0.5) is 14.5 Å². The molecule has 0 fully saturated rings. The molecule has 86 valence electrons. The van der Waals surface area contributed by atoms with Gasteiger partial charge in [0.25, 0.3) is 0 Å². The summed E-state index contributed by atoms with van der Waals surface area (Å²) in [6.45, 7) is 0. The van der Waals surface area contributed by atoms with Gasteiger partial charge in [-0.05, 0) is 6.07 Å². The molecular formula is C8H6F2N2O4. The molecule has 0 aliphatic heterocycles. The molecule has 1 unspecified atom stereocenters. The van der Waals surface area contributed by atoms with E-state index in [4.69, 9.17) is 10.8 Å². The zero-order chi connectivity index (χ0) is 12.5. The van der Waals surface area contributed by atoms with E-state index in [-0.39, 0.29) is 0 Å². The third-order valence-electron chi connectivity index (χ3n) is 1.88. The van der Waals surface area contributed by atoms with Crippen molar-refractivity contribution in [3.63, 3.8) is 0 Å². The van der Waals surface area contributed by atoms with Crippen LogP contribution in [0.5, 0.6) is 0 Å². The molecule has 6 nitrogen and oxygen atoms in total. The van der Waals surface area contributed by atoms with Gasteiger partial charge in [-0.25, -0.2) is 4.39 Å². The van der Waals surface area contributed by atoms with Crippen molar-refractivity contribution in [1.82, 2.24) is 0 Å². The maximum atomic E-state index is 13.4. The second kappa shape index (κ2) is 4.19. The lowest BCUT2D eigenvalue weighted by atomic mass is 10.1. The van der Waals surface area contributed by atoms with Gasteiger partial charge in [0, 0.05) is 6.07 Å². The van der Waals surface area contributed by atoms with Gasteiger partial charge in [0.15, 0.2) is 0 Å². The van der Waals surface area contributed by atoms with Gasteiger partial charge < -0.3 is 10.8 Å². The minimum atomic E-state index is -1.99. The molecule has 1 rings (SSSR count). The van der Waals surface area contributed by atoms with Crippen LogP contribution in [0.15, 0.2) is 12.1 Å². The van der Waals surface area contributed by atoms with Crippen LogP contribution in [0.25, 0.3) is 0 Å². The van der Waals surface area contributed by atoms with E-state index >= 15 is 0 Å². The van der Waals surface area contributed by atoms with E-state index in [1.165, 1.54) is 0 Å². The summed E-state index contributed by atoms with van der Waals surface area (Å²) < 4.78 is 26.5. The van der Waals surface area contributed by atoms with E-state index in [9.17, 15) is 23.7 Å². The molecule has 3 N–H and O–H groups in total. The van der Waals surface area contributed by atoms with Gasteiger partial charge in [0.1, 0.15) is 11.9 Å². The summed E-state index contributed by atoms with van der Waals surface area (Å²) in [5, 5.41) is 18.8. The minimum Gasteiger partial charge on any atom is -0.480 e. The lowest BCUT2D eigenvalue weighted by molar-refractivity contribution is -0.387. The number of benzene rings is 1. The van der Waals surface area contributed by atoms with Gasteiger partial charge in [-0.15, -0.1) is 0 Å². The van der Waals surface area contributed by atoms with Crippen LogP contribution in [-0.2, 0) is 4.79 Å². The van der Waals surface area contributed by atoms with Crippen LogP contribution in [0, 0.1) is 21.7 Å². The predicted molar refractivity (Wildman–Crippen MR) is 47.6 cm³/mol. The lowest BCUT2D eigenvalue weighted by Crippen LogP contribution is -2.23. The van der Waals surface area contributed by atoms with Crippen molar-refractivity contribution in [2.75, 3.05) is 0 Å². The first kappa shape index (κ1) is 12.0. The Morgan fingerprint density at radius 3 is 2.50 bits per heavy atom. The Labute approximate surface area is 87.4 Å². The number of halogens is 2. The van der Waals surface area contributed by atoms with Crippen molar-refractivity contribution in [1.29, 1.82) is 0 Å². The number of nitrogens with two attached hydrogens (primary N) is 1. The molecule has 0 radical (unpaired) electrons. The SMILES string of the molecule is NC(C(=O)O)c1c(F)ccc([N+](=O)[O-])c1F. The summed E-state index contributed by atoms with van der Waals surface area (Å²) in [6, 6.07) is -0.790. The van der Waals surface area contributed by atoms with Crippen molar-refractivity contribution < 1.29 is 23.6 Å². The first-order valence-corrected chi connectivity index (χ1v) is 3.97. The zero-order valence-corrected chi connectivity index (χ0v) is 7.68. The maximum Gasteiger partial charge on any atom is 0.325 e. The van der Waals surface area contributed by atoms with Crippen LogP contribution >= 0.6 is 0 Å². The number of hydrogen-bond acceptors (Lipinski definition) is 4. The molecule has 1 aromatic carbocycles. The number of carbonyl (C=O) groups is 1. The number of aliphatic carboxylic acids is 1. The molecule has 0 bridgehead atoms. The van der Waals surface area contributed by atoms with Gasteiger partial charge in [-0.1, -0.05) is 0 Å². The van der Waals surface area contributed by atoms with Gasteiger partial charge in [0.05, 0.1) is 10.5 Å². The Morgan fingerprint density at radius 2 is 2.06 bits per heavy atom. The Hall–Kier alpha value is -2.09. The number of nitro groups is 1. The monoisotopic (exact) mass is 232 g/mol. The number of nitrogens with zero attached hydrogens (tertiary/aromatic N) is 1. The Morgan fingerprint density at radius 1 is 1.50 bits per heavy atom. The molecule has 8 heteroatoms. The van der Waals surface area contributed by atoms with E-state index in [2.05, 4.69) is 0 Å². The van der Waals surface area contributed by atoms with Gasteiger partial charge in [-0.2, -0.15) is 4.39 Å². The Kier molecular flexibility index (Phi) is 3.14. The van der Waals surface area contributed by atoms with E-state index < -0.39 is 39.8 Å². The average molecular weight is 232 g/mol. The number of nitro benzene ring substituents is 1. The van der Waals surface area contributed by atoms with Crippen LogP contribution in [0.1, 0.15) is 11.6 Å². The molecule has 0 aliphatic carbocycles. The molecule has 0 spiro atoms. The highest BCUT2D eigenvalue weighted by molar-refractivity contribution is 5.75. The molecule has 0 aliphatic rings. The number of carboxylic acid groups (broad SMARTS) is 1. The normalized spacial score (nSPS) is 12.2. The van der Waals surface area contributed by atoms with Crippen molar-refractivity contribution in [3.05, 3.63) is 39.4 Å². The van der Waals surface area contributed by atoms with Crippen LogP contribution < -0.4 is 5.73 Å². The fourth-order valence-corrected chi connectivity index (χ4v) is 1.11. The molecule has 1 atom stereocenters. The Bertz CT molecular complexity index is 464. The van der Waals surface area contributed by atoms with Crippen LogP contribution in [0.2, 0.25) is 0 Å². The molecule has 16 heavy (non-hydrogen) atoms. The molecule has 0 saturated heterocycles. The summed E-state index contributed by atoms with van der Waals surface area (Å²) in [7, 11) is 0. The number of hydrogen-bond donors (Lipinski definition) is 2. The largest absolute Gasteiger partial charge is 0.480 e. The minimum absolute atomic E-state index is 0.597. The number of rotatable bonds is 3. The standard InChI is InChI=1S/C8H6F2N2O4/c9-3-1-2-4(12(15)16)6(10)5(3)7(11)8(13)14/h1-2,7H,11H2,(H,13,14). The van der Waals surface area contributed by atoms with E-state index in [0.29, 0.717) is 12.1 Å². The summed E-state index contributed by atoms with van der Waals surface area (Å²) >= 11 is 0. The molecule has 0 heterocycles. The smallest absolute Gasteiger partial charge is 0.325 e. The van der Waals surface area contributed by atoms with Gasteiger partial charge in [-0.3, -0.25) is 14.9 Å². The van der Waals surface area contributed by atoms with Crippen molar-refractivity contribution in [2.45, 2.75) is 6.04 Å². The summed E-state index contributed by atoms with van der Waals surface area (Å²) in [4.78, 5) is 19.7. The van der Waals surface area contributed by atoms with Crippen molar-refractivity contribution in [2.24, 2.45) is 5.73 Å². The first-order chi connectivity index (χ1) is 7.36. The Balaban J connectivity index is 3.43. The third-order valence-corrected chi connectivity index (χ3v) is 1.88. The van der Waals surface area contributed by atoms with Gasteiger partial charge >= 0.3 is 11.7 Å². The number of carboxylic acids is 1. The maximum absolute atomic E-state index is 13.4. The summed E-state index contributed by atoms with van der Waals surface area (Å²) in [5.74, 6) is -4.49. The van der Waals surface area contributed by atoms with Crippen LogP contribution in [-0.4, -0.2) is 16.0 Å². The highest BCUT2D eigenvalue weighted by Crippen LogP contribution is 2.26. The third kappa shape index (κ3) is 1.96. The summed E-state index contributed by atoms with van der Waals surface area (Å²) in [5.41, 5.74) is 2.96. The van der Waals surface area contributed by atoms with Gasteiger partial charge in [0.2, 0.25) is 5.82 Å². The quantitative estimate of drug-likeness (QED) is 0.596. The van der Waals surface area contributed by atoms with Crippen molar-refractivity contribution in [3.8, 4) is 0 Å². The molecule has 0 saturated carbocycles. The zero-order valence-electron chi connectivity index (χ0n) is 7.68. The van der Waals surface area contributed by atoms with Crippen LogP contribution in [0.3, 0.4) is 0 Å². The first-order valence-electron chi connectivity index (χ1n) is 3.97. The molecule has 1 aromatic rings. The fourth-order valence-electron chi connectivity index (χ4n) is 1.11. The molecule has 0 aromatic heterocycles. The van der Waals surface area contributed by atoms with E-state index in [1.54, 1.807) is 0 Å². The highest BCUT2D eigenvalue weighted by Gasteiger charge is 2.28. The fraction of sp³-hybridized carbons (Fsp3) is 0.125. The summed E-state index contributed by atoms with van der Waals surface area (Å²) in [6.07, 6.45) is 0. The molecule has 0 amide bonds. The second-order valence-corrected chi connectivity index (χ2v) is 2.87. The second-order valence-electron chi connectivity index (χ2n) is 2.87. The lowest BCUT2D eigenvalue weighted by Gasteiger charge is -2.08. The highest BCUT2D eigenvalue weighted by atomic mass is 19.1. The average Bonchev–Trinajstić information content (AvgIpc) is 2.16.